The molecule has 29 nitrogen and oxygen atoms in total. The first-order valence-corrected chi connectivity index (χ1v) is 21.1. The van der Waals surface area contributed by atoms with Crippen LogP contribution in [0.5, 0.6) is 0 Å². The van der Waals surface area contributed by atoms with Crippen molar-refractivity contribution < 1.29 is 75.2 Å². The summed E-state index contributed by atoms with van der Waals surface area (Å²) in [7, 11) is -17.4. The fourth-order valence-corrected chi connectivity index (χ4v) is 10.1. The van der Waals surface area contributed by atoms with E-state index in [0.717, 1.165) is 20.0 Å². The zero-order valence-corrected chi connectivity index (χ0v) is 32.4. The maximum atomic E-state index is 13.6. The number of ether oxygens (including phenoxy) is 4. The van der Waals surface area contributed by atoms with Crippen molar-refractivity contribution in [3.8, 4) is 0 Å². The molecule has 3 saturated heterocycles. The highest BCUT2D eigenvalue weighted by molar-refractivity contribution is 7.66. The number of nitrogens with two attached hydrogens (primary N) is 2. The zero-order valence-electron chi connectivity index (χ0n) is 29.7. The number of anilines is 2. The molecule has 3 aliphatic rings. The third-order valence-corrected chi connectivity index (χ3v) is 13.1. The number of phosphoric acid groups is 3. The monoisotopic (exact) mass is 884 g/mol. The summed E-state index contributed by atoms with van der Waals surface area (Å²) in [6, 6.07) is 0. The number of fused-ring (bicyclic) bond motifs is 3. The number of imidazole rings is 2. The first-order chi connectivity index (χ1) is 27.0. The van der Waals surface area contributed by atoms with Crippen LogP contribution in [0.2, 0.25) is 0 Å². The Kier molecular flexibility index (Phi) is 10.8. The van der Waals surface area contributed by atoms with Gasteiger partial charge >= 0.3 is 29.2 Å². The van der Waals surface area contributed by atoms with Crippen molar-refractivity contribution in [1.29, 1.82) is 0 Å². The van der Waals surface area contributed by atoms with Crippen LogP contribution >= 0.6 is 23.5 Å². The number of nitrogens with one attached hydrogen (secondary N) is 2. The molecular formula is C26H35N10O19P3. The number of aliphatic hydroxyl groups excluding tert-OH is 2. The van der Waals surface area contributed by atoms with E-state index in [-0.39, 0.29) is 40.8 Å². The van der Waals surface area contributed by atoms with Gasteiger partial charge in [0.25, 0.3) is 11.1 Å². The molecule has 7 rings (SSSR count). The number of hydrogen-bond acceptors (Lipinski definition) is 21. The summed E-state index contributed by atoms with van der Waals surface area (Å²) in [5.41, 5.74) is 8.28. The molecule has 4 unspecified atom stereocenters. The minimum absolute atomic E-state index is 0.129. The number of aromatic amines is 2. The predicted molar refractivity (Wildman–Crippen MR) is 189 cm³/mol. The Morgan fingerprint density at radius 3 is 2.07 bits per heavy atom. The van der Waals surface area contributed by atoms with E-state index < -0.39 is 108 Å². The second-order valence-corrected chi connectivity index (χ2v) is 17.9. The molecule has 58 heavy (non-hydrogen) atoms. The highest BCUT2D eigenvalue weighted by Gasteiger charge is 2.57. The fraction of sp³-hybridized carbons (Fsp3) is 0.538. The summed E-state index contributed by atoms with van der Waals surface area (Å²) in [6.45, 7) is 4.43. The molecule has 4 aromatic heterocycles. The van der Waals surface area contributed by atoms with Crippen LogP contribution in [0.3, 0.4) is 0 Å². The lowest BCUT2D eigenvalue weighted by molar-refractivity contribution is -0.199. The molecule has 32 heteroatoms. The largest absolute Gasteiger partial charge is 0.490 e. The normalized spacial score (nSPS) is 30.0. The Morgan fingerprint density at radius 1 is 0.862 bits per heavy atom. The average Bonchev–Trinajstić information content (AvgIpc) is 3.86. The Hall–Kier alpha value is -3.99. The number of nitrogens with zero attached hydrogens (tertiary/aromatic N) is 6. The lowest BCUT2D eigenvalue weighted by Gasteiger charge is -2.25. The molecule has 0 amide bonds. The summed E-state index contributed by atoms with van der Waals surface area (Å²) in [5, 5.41) is 21.1. The Morgan fingerprint density at radius 2 is 1.43 bits per heavy atom. The molecule has 0 aromatic carbocycles. The van der Waals surface area contributed by atoms with Crippen LogP contribution in [-0.4, -0.2) is 119 Å². The smallest absolute Gasteiger partial charge is 0.387 e. The van der Waals surface area contributed by atoms with E-state index in [1.165, 1.54) is 19.9 Å². The molecular weight excluding hydrogens is 849 g/mol. The van der Waals surface area contributed by atoms with Gasteiger partial charge in [0.2, 0.25) is 11.9 Å². The van der Waals surface area contributed by atoms with E-state index in [4.69, 9.17) is 34.9 Å². The van der Waals surface area contributed by atoms with Gasteiger partial charge in [0.15, 0.2) is 40.6 Å². The Balaban J connectivity index is 1.00. The van der Waals surface area contributed by atoms with Crippen molar-refractivity contribution in [3.63, 3.8) is 0 Å². The van der Waals surface area contributed by atoms with Crippen LogP contribution in [0.4, 0.5) is 11.9 Å². The maximum absolute atomic E-state index is 13.6. The summed E-state index contributed by atoms with van der Waals surface area (Å²) in [5.74, 6) is -1.97. The SMILES string of the molecule is C=CCn1c(=O)n([C@@H]2O[C@H](COP(=O)(O)OP(=O)(O)OP(=O)(O)OCC3O[C@@H](n4cnc5c(=O)[nH]c(N)nc54)[C@H](O)[C@@H]3O)[C@H]3OC(C)(C)O[C@@H]32)c2nc(N)[nH]c(=O)c21. The minimum atomic E-state index is -6.02. The van der Waals surface area contributed by atoms with Gasteiger partial charge in [-0.3, -0.25) is 37.7 Å². The van der Waals surface area contributed by atoms with Crippen molar-refractivity contribution in [2.24, 2.45) is 0 Å². The quantitative estimate of drug-likeness (QED) is 0.0478. The van der Waals surface area contributed by atoms with E-state index in [1.54, 1.807) is 0 Å². The number of hydrogen-bond donors (Lipinski definition) is 9. The number of H-pyrrole nitrogens is 2. The number of allylic oxidation sites excluding steroid dienone is 1. The van der Waals surface area contributed by atoms with Gasteiger partial charge in [-0.2, -0.15) is 18.6 Å². The van der Waals surface area contributed by atoms with Crippen LogP contribution in [0.1, 0.15) is 26.3 Å². The summed E-state index contributed by atoms with van der Waals surface area (Å²) in [4.78, 5) is 85.6. The molecule has 7 heterocycles. The summed E-state index contributed by atoms with van der Waals surface area (Å²) >= 11 is 0. The van der Waals surface area contributed by atoms with Gasteiger partial charge in [-0.25, -0.2) is 28.0 Å². The average molecular weight is 885 g/mol. The Bertz CT molecular complexity index is 2610. The first kappa shape index (κ1) is 42.1. The number of aliphatic hydroxyl groups is 2. The number of phosphoric ester groups is 2. The molecule has 0 radical (unpaired) electrons. The Labute approximate surface area is 321 Å². The van der Waals surface area contributed by atoms with Crippen LogP contribution in [-0.2, 0) is 56.9 Å². The van der Waals surface area contributed by atoms with E-state index in [0.29, 0.717) is 0 Å². The van der Waals surface area contributed by atoms with Crippen LogP contribution in [0, 0.1) is 0 Å². The van der Waals surface area contributed by atoms with E-state index in [1.807, 2.05) is 0 Å². The van der Waals surface area contributed by atoms with Gasteiger partial charge in [0.1, 0.15) is 36.6 Å². The van der Waals surface area contributed by atoms with Gasteiger partial charge < -0.3 is 55.3 Å². The van der Waals surface area contributed by atoms with Gasteiger partial charge in [-0.15, -0.1) is 6.58 Å². The molecule has 3 fully saturated rings. The number of nitrogen functional groups attached to an aromatic ring is 2. The highest BCUT2D eigenvalue weighted by Crippen LogP contribution is 2.68. The van der Waals surface area contributed by atoms with Crippen molar-refractivity contribution in [3.05, 3.63) is 50.2 Å². The molecule has 11 N–H and O–H groups in total. The fourth-order valence-electron chi connectivity index (χ4n) is 6.61. The second kappa shape index (κ2) is 14.9. The molecule has 0 spiro atoms. The van der Waals surface area contributed by atoms with Crippen molar-refractivity contribution in [1.82, 2.24) is 38.6 Å². The molecule has 11 atom stereocenters. The van der Waals surface area contributed by atoms with E-state index in [2.05, 4.69) is 44.6 Å². The third-order valence-electron chi connectivity index (χ3n) is 8.80. The first-order valence-electron chi connectivity index (χ1n) is 16.6. The molecule has 318 valence electrons. The van der Waals surface area contributed by atoms with Crippen LogP contribution < -0.4 is 28.3 Å². The standard InChI is InChI=1S/C26H35N10O19P3/c1-4-5-34-12-18(31-24(28)33-20(12)40)36(25(34)41)22-16-15(52-26(2,3)53-16)10(51-22)7-49-57(44,45)55-58(46,47)54-56(42,43)48-6-9-13(37)14(38)21(50-9)35-8-29-11-17(35)30-23(27)32-19(11)39/h4,8-10,13-16,21-22,37-38H,1,5-7H2,2-3H3,(H,42,43)(H,44,45)(H,46,47)(H3,27,30,32,39)(H3,28,31,33,40)/t9?,10-,13-,14-,15-,16+,21-,22-/m1/s1. The second-order valence-electron chi connectivity index (χ2n) is 13.3. The third kappa shape index (κ3) is 8.01. The lowest BCUT2D eigenvalue weighted by atomic mass is 10.1. The number of rotatable bonds is 14. The highest BCUT2D eigenvalue weighted by atomic mass is 31.3. The zero-order chi connectivity index (χ0) is 42.3. The van der Waals surface area contributed by atoms with Crippen molar-refractivity contribution in [2.75, 3.05) is 24.7 Å². The van der Waals surface area contributed by atoms with Crippen molar-refractivity contribution >= 4 is 57.7 Å². The van der Waals surface area contributed by atoms with Crippen molar-refractivity contribution in [2.45, 2.75) is 75.3 Å². The molecule has 3 aliphatic heterocycles. The molecule has 0 bridgehead atoms. The maximum Gasteiger partial charge on any atom is 0.490 e. The van der Waals surface area contributed by atoms with Crippen LogP contribution in [0.15, 0.2) is 33.4 Å². The summed E-state index contributed by atoms with van der Waals surface area (Å²) < 4.78 is 82.3. The van der Waals surface area contributed by atoms with Gasteiger partial charge in [0, 0.05) is 6.54 Å². The van der Waals surface area contributed by atoms with Gasteiger partial charge in [-0.1, -0.05) is 6.08 Å². The number of aromatic nitrogens is 8. The van der Waals surface area contributed by atoms with Gasteiger partial charge in [-0.05, 0) is 13.8 Å². The van der Waals surface area contributed by atoms with Crippen LogP contribution in [0.25, 0.3) is 22.3 Å². The predicted octanol–water partition coefficient (Wildman–Crippen LogP) is -2.23. The topological polar surface area (TPSA) is 414 Å². The van der Waals surface area contributed by atoms with Gasteiger partial charge in [0.05, 0.1) is 19.5 Å². The lowest BCUT2D eigenvalue weighted by Crippen LogP contribution is -2.34. The van der Waals surface area contributed by atoms with E-state index >= 15 is 0 Å². The van der Waals surface area contributed by atoms with E-state index in [9.17, 15) is 53.0 Å². The molecule has 4 aromatic rings. The molecule has 0 saturated carbocycles. The molecule has 0 aliphatic carbocycles. The summed E-state index contributed by atoms with van der Waals surface area (Å²) in [6.07, 6.45) is -9.43. The minimum Gasteiger partial charge on any atom is -0.387 e.